The third-order valence-electron chi connectivity index (χ3n) is 1.88. The minimum Gasteiger partial charge on any atom is -0.480 e. The zero-order chi connectivity index (χ0) is 11.7. The molecule has 0 saturated carbocycles. The molecule has 0 atom stereocenters. The van der Waals surface area contributed by atoms with Crippen molar-refractivity contribution in [3.8, 4) is 0 Å². The molecule has 0 bridgehead atoms. The van der Waals surface area contributed by atoms with E-state index in [-0.39, 0.29) is 31.4 Å². The highest BCUT2D eigenvalue weighted by Crippen LogP contribution is 1.93. The average Bonchev–Trinajstić information content (AvgIpc) is 2.15. The zero-order valence-corrected chi connectivity index (χ0v) is 10.7. The van der Waals surface area contributed by atoms with Crippen LogP contribution >= 0.6 is 12.4 Å². The highest BCUT2D eigenvalue weighted by Gasteiger charge is 2.09. The van der Waals surface area contributed by atoms with Crippen LogP contribution in [0.15, 0.2) is 0 Å². The Morgan fingerprint density at radius 3 is 2.06 bits per heavy atom. The maximum absolute atomic E-state index is 11.3. The van der Waals surface area contributed by atoms with Crippen molar-refractivity contribution >= 4 is 24.3 Å². The molecule has 0 aromatic heterocycles. The average molecular weight is 253 g/mol. The molecule has 5 nitrogen and oxygen atoms in total. The third-order valence-corrected chi connectivity index (χ3v) is 1.88. The van der Waals surface area contributed by atoms with Gasteiger partial charge in [0.25, 0.3) is 0 Å². The summed E-state index contributed by atoms with van der Waals surface area (Å²) in [6.07, 6.45) is 1.98. The Hall–Kier alpha value is -0.810. The summed E-state index contributed by atoms with van der Waals surface area (Å²) in [7, 11) is 0. The van der Waals surface area contributed by atoms with Gasteiger partial charge in [-0.25, -0.2) is 0 Å². The number of rotatable bonds is 8. The lowest BCUT2D eigenvalue weighted by Gasteiger charge is -2.19. The molecular formula is C10H21ClN2O3. The lowest BCUT2D eigenvalue weighted by atomic mass is 10.3. The Kier molecular flexibility index (Phi) is 11.8. The molecule has 0 radical (unpaired) electrons. The summed E-state index contributed by atoms with van der Waals surface area (Å²) in [4.78, 5) is 23.5. The first-order chi connectivity index (χ1) is 7.10. The molecule has 0 unspecified atom stereocenters. The van der Waals surface area contributed by atoms with Crippen LogP contribution in [0, 0.1) is 0 Å². The number of amides is 1. The van der Waals surface area contributed by atoms with E-state index in [1.807, 2.05) is 4.90 Å². The maximum Gasteiger partial charge on any atom is 0.322 e. The zero-order valence-electron chi connectivity index (χ0n) is 9.86. The van der Waals surface area contributed by atoms with Gasteiger partial charge in [0.1, 0.15) is 6.54 Å². The predicted molar refractivity (Wildman–Crippen MR) is 64.9 cm³/mol. The second-order valence-corrected chi connectivity index (χ2v) is 3.45. The molecule has 0 rings (SSSR count). The Morgan fingerprint density at radius 1 is 1.19 bits per heavy atom. The van der Waals surface area contributed by atoms with Gasteiger partial charge in [-0.1, -0.05) is 13.8 Å². The fourth-order valence-electron chi connectivity index (χ4n) is 1.34. The molecule has 0 aliphatic carbocycles. The van der Waals surface area contributed by atoms with Crippen LogP contribution in [0.2, 0.25) is 0 Å². The number of carbonyl (C=O) groups excluding carboxylic acids is 1. The van der Waals surface area contributed by atoms with E-state index in [1.54, 1.807) is 0 Å². The summed E-state index contributed by atoms with van der Waals surface area (Å²) in [6, 6.07) is 0. The summed E-state index contributed by atoms with van der Waals surface area (Å²) < 4.78 is 0. The molecule has 0 saturated heterocycles. The number of carboxylic acids is 1. The van der Waals surface area contributed by atoms with Gasteiger partial charge in [0.15, 0.2) is 0 Å². The Morgan fingerprint density at radius 2 is 1.69 bits per heavy atom. The van der Waals surface area contributed by atoms with Crippen molar-refractivity contribution in [2.45, 2.75) is 26.7 Å². The number of halogens is 1. The van der Waals surface area contributed by atoms with Crippen molar-refractivity contribution in [2.24, 2.45) is 0 Å². The van der Waals surface area contributed by atoms with Crippen molar-refractivity contribution in [2.75, 3.05) is 26.2 Å². The van der Waals surface area contributed by atoms with Crippen molar-refractivity contribution in [3.05, 3.63) is 0 Å². The van der Waals surface area contributed by atoms with Gasteiger partial charge in [-0.3, -0.25) is 14.5 Å². The number of carboxylic acid groups (broad SMARTS) is 1. The lowest BCUT2D eigenvalue weighted by molar-refractivity contribution is -0.138. The largest absolute Gasteiger partial charge is 0.480 e. The highest BCUT2D eigenvalue weighted by molar-refractivity contribution is 5.85. The fourth-order valence-corrected chi connectivity index (χ4v) is 1.34. The summed E-state index contributed by atoms with van der Waals surface area (Å²) in [5, 5.41) is 10.7. The summed E-state index contributed by atoms with van der Waals surface area (Å²) in [6.45, 7) is 5.83. The second kappa shape index (κ2) is 10.7. The van der Waals surface area contributed by atoms with Crippen LogP contribution in [0.5, 0.6) is 0 Å². The monoisotopic (exact) mass is 252 g/mol. The van der Waals surface area contributed by atoms with Gasteiger partial charge in [-0.05, 0) is 25.9 Å². The standard InChI is InChI=1S/C10H20N2O3.ClH/c1-3-5-12(6-4-2)8-9(13)11-7-10(14)15;/h3-8H2,1-2H3,(H,11,13)(H,14,15);1H. The smallest absolute Gasteiger partial charge is 0.322 e. The van der Waals surface area contributed by atoms with Crippen molar-refractivity contribution < 1.29 is 14.7 Å². The van der Waals surface area contributed by atoms with Gasteiger partial charge in [0, 0.05) is 0 Å². The van der Waals surface area contributed by atoms with E-state index in [0.29, 0.717) is 0 Å². The van der Waals surface area contributed by atoms with Gasteiger partial charge in [0.05, 0.1) is 6.54 Å². The minimum atomic E-state index is -1.01. The summed E-state index contributed by atoms with van der Waals surface area (Å²) in [5.74, 6) is -1.24. The maximum atomic E-state index is 11.3. The Bertz CT molecular complexity index is 206. The number of aliphatic carboxylic acids is 1. The molecule has 1 amide bonds. The number of hydrogen-bond donors (Lipinski definition) is 2. The first-order valence-corrected chi connectivity index (χ1v) is 5.31. The van der Waals surface area contributed by atoms with Gasteiger partial charge < -0.3 is 10.4 Å². The van der Waals surface area contributed by atoms with Crippen LogP contribution in [0.4, 0.5) is 0 Å². The van der Waals surface area contributed by atoms with E-state index in [0.717, 1.165) is 25.9 Å². The molecule has 0 aromatic rings. The highest BCUT2D eigenvalue weighted by atomic mass is 35.5. The topological polar surface area (TPSA) is 69.6 Å². The van der Waals surface area contributed by atoms with Crippen molar-refractivity contribution in [1.82, 2.24) is 10.2 Å². The van der Waals surface area contributed by atoms with Crippen molar-refractivity contribution in [3.63, 3.8) is 0 Å². The van der Waals surface area contributed by atoms with E-state index in [4.69, 9.17) is 5.11 Å². The van der Waals surface area contributed by atoms with Gasteiger partial charge >= 0.3 is 5.97 Å². The van der Waals surface area contributed by atoms with Crippen LogP contribution in [-0.2, 0) is 9.59 Å². The molecule has 0 spiro atoms. The van der Waals surface area contributed by atoms with Crippen LogP contribution in [0.25, 0.3) is 0 Å². The molecule has 0 aliphatic heterocycles. The normalized spacial score (nSPS) is 9.69. The number of nitrogens with zero attached hydrogens (tertiary/aromatic N) is 1. The SMILES string of the molecule is CCCN(CCC)CC(=O)NCC(=O)O.Cl. The van der Waals surface area contributed by atoms with Crippen molar-refractivity contribution in [1.29, 1.82) is 0 Å². The molecule has 6 heteroatoms. The van der Waals surface area contributed by atoms with Gasteiger partial charge in [-0.2, -0.15) is 0 Å². The predicted octanol–water partition coefficient (Wildman–Crippen LogP) is 0.731. The first kappa shape index (κ1) is 17.6. The van der Waals surface area contributed by atoms with Gasteiger partial charge in [-0.15, -0.1) is 12.4 Å². The quantitative estimate of drug-likeness (QED) is 0.668. The van der Waals surface area contributed by atoms with E-state index >= 15 is 0 Å². The number of nitrogens with one attached hydrogen (secondary N) is 1. The van der Waals surface area contributed by atoms with E-state index in [1.165, 1.54) is 0 Å². The fraction of sp³-hybridized carbons (Fsp3) is 0.800. The molecule has 2 N–H and O–H groups in total. The van der Waals surface area contributed by atoms with E-state index < -0.39 is 5.97 Å². The third kappa shape index (κ3) is 9.73. The summed E-state index contributed by atoms with van der Waals surface area (Å²) in [5.41, 5.74) is 0. The molecule has 96 valence electrons. The Balaban J connectivity index is 0. The second-order valence-electron chi connectivity index (χ2n) is 3.45. The molecule has 0 aliphatic rings. The van der Waals surface area contributed by atoms with Crippen LogP contribution < -0.4 is 5.32 Å². The molecule has 0 heterocycles. The number of carbonyl (C=O) groups is 2. The number of hydrogen-bond acceptors (Lipinski definition) is 3. The lowest BCUT2D eigenvalue weighted by Crippen LogP contribution is -2.39. The molecule has 0 fully saturated rings. The molecule has 0 aromatic carbocycles. The van der Waals surface area contributed by atoms with Crippen LogP contribution in [0.3, 0.4) is 0 Å². The Labute approximate surface area is 103 Å². The molecule has 16 heavy (non-hydrogen) atoms. The minimum absolute atomic E-state index is 0. The van der Waals surface area contributed by atoms with Gasteiger partial charge in [0.2, 0.25) is 5.91 Å². The first-order valence-electron chi connectivity index (χ1n) is 5.31. The van der Waals surface area contributed by atoms with Crippen LogP contribution in [-0.4, -0.2) is 48.1 Å². The van der Waals surface area contributed by atoms with Crippen LogP contribution in [0.1, 0.15) is 26.7 Å². The van der Waals surface area contributed by atoms with E-state index in [9.17, 15) is 9.59 Å². The summed E-state index contributed by atoms with van der Waals surface area (Å²) >= 11 is 0. The molecular weight excluding hydrogens is 232 g/mol. The van der Waals surface area contributed by atoms with E-state index in [2.05, 4.69) is 19.2 Å².